The van der Waals surface area contributed by atoms with Crippen LogP contribution in [-0.4, -0.2) is 31.9 Å². The van der Waals surface area contributed by atoms with Gasteiger partial charge in [0.25, 0.3) is 0 Å². The van der Waals surface area contributed by atoms with Crippen LogP contribution < -0.4 is 5.32 Å². The predicted molar refractivity (Wildman–Crippen MR) is 82.4 cm³/mol. The molecule has 0 aromatic heterocycles. The fourth-order valence-electron chi connectivity index (χ4n) is 2.23. The van der Waals surface area contributed by atoms with Crippen molar-refractivity contribution in [3.8, 4) is 0 Å². The van der Waals surface area contributed by atoms with E-state index in [0.29, 0.717) is 11.4 Å². The molecule has 1 fully saturated rings. The number of benzene rings is 1. The molecule has 2 rings (SSSR count). The van der Waals surface area contributed by atoms with Gasteiger partial charge >= 0.3 is 0 Å². The largest absolute Gasteiger partial charge is 0.385 e. The Bertz CT molecular complexity index is 521. The number of nitrogens with one attached hydrogen (secondary N) is 1. The second kappa shape index (κ2) is 6.59. The van der Waals surface area contributed by atoms with Gasteiger partial charge in [-0.25, -0.2) is 8.42 Å². The van der Waals surface area contributed by atoms with E-state index >= 15 is 0 Å². The molecule has 0 radical (unpaired) electrons. The minimum Gasteiger partial charge on any atom is -0.385 e. The van der Waals surface area contributed by atoms with Gasteiger partial charge in [-0.15, -0.1) is 0 Å². The van der Waals surface area contributed by atoms with Crippen molar-refractivity contribution in [3.63, 3.8) is 0 Å². The zero-order valence-corrected chi connectivity index (χ0v) is 13.1. The van der Waals surface area contributed by atoms with Crippen LogP contribution in [0.3, 0.4) is 0 Å². The molecule has 0 atom stereocenters. The van der Waals surface area contributed by atoms with Gasteiger partial charge in [-0.3, -0.25) is 0 Å². The van der Waals surface area contributed by atoms with Gasteiger partial charge in [0.15, 0.2) is 0 Å². The lowest BCUT2D eigenvalue weighted by atomic mass is 10.3. The van der Waals surface area contributed by atoms with Crippen molar-refractivity contribution in [1.29, 1.82) is 0 Å². The van der Waals surface area contributed by atoms with Gasteiger partial charge in [0.1, 0.15) is 0 Å². The molecule has 112 valence electrons. The van der Waals surface area contributed by atoms with Crippen molar-refractivity contribution in [2.45, 2.75) is 50.5 Å². The fraction of sp³-hybridized carbons (Fsp3) is 0.600. The normalized spacial score (nSPS) is 15.6. The molecule has 20 heavy (non-hydrogen) atoms. The number of sulfonamides is 1. The Morgan fingerprint density at radius 3 is 2.30 bits per heavy atom. The lowest BCUT2D eigenvalue weighted by Gasteiger charge is -2.21. The summed E-state index contributed by atoms with van der Waals surface area (Å²) in [6.45, 7) is 5.63. The maximum atomic E-state index is 12.6. The van der Waals surface area contributed by atoms with Crippen LogP contribution >= 0.6 is 0 Å². The molecule has 1 aromatic carbocycles. The van der Waals surface area contributed by atoms with Crippen LogP contribution in [0.25, 0.3) is 0 Å². The Balaban J connectivity index is 2.15. The molecule has 0 heterocycles. The zero-order valence-electron chi connectivity index (χ0n) is 12.3. The van der Waals surface area contributed by atoms with E-state index in [0.717, 1.165) is 37.9 Å². The standard InChI is InChI=1S/C15H24N2O2S/c1-3-11-16-13-5-9-15(10-6-13)20(18,19)17(12-4-2)14-7-8-14/h5-6,9-10,14,16H,3-4,7-8,11-12H2,1-2H3. The highest BCUT2D eigenvalue weighted by Gasteiger charge is 2.37. The van der Waals surface area contributed by atoms with E-state index < -0.39 is 10.0 Å². The molecule has 0 saturated heterocycles. The van der Waals surface area contributed by atoms with E-state index in [4.69, 9.17) is 0 Å². The summed E-state index contributed by atoms with van der Waals surface area (Å²) in [6.07, 6.45) is 3.89. The number of rotatable bonds is 8. The monoisotopic (exact) mass is 296 g/mol. The first-order chi connectivity index (χ1) is 9.59. The summed E-state index contributed by atoms with van der Waals surface area (Å²) in [6, 6.07) is 7.33. The fourth-order valence-corrected chi connectivity index (χ4v) is 4.01. The van der Waals surface area contributed by atoms with Crippen molar-refractivity contribution < 1.29 is 8.42 Å². The molecule has 4 nitrogen and oxygen atoms in total. The van der Waals surface area contributed by atoms with E-state index in [9.17, 15) is 8.42 Å². The summed E-state index contributed by atoms with van der Waals surface area (Å²) in [5.74, 6) is 0. The second-order valence-electron chi connectivity index (χ2n) is 5.30. The van der Waals surface area contributed by atoms with Gasteiger partial charge in [-0.05, 0) is 49.9 Å². The van der Waals surface area contributed by atoms with E-state index in [2.05, 4.69) is 12.2 Å². The summed E-state index contributed by atoms with van der Waals surface area (Å²) in [5.41, 5.74) is 0.972. The maximum absolute atomic E-state index is 12.6. The van der Waals surface area contributed by atoms with Gasteiger partial charge < -0.3 is 5.32 Å². The highest BCUT2D eigenvalue weighted by molar-refractivity contribution is 7.89. The zero-order chi connectivity index (χ0) is 14.6. The quantitative estimate of drug-likeness (QED) is 0.802. The van der Waals surface area contributed by atoms with E-state index in [-0.39, 0.29) is 6.04 Å². The first-order valence-electron chi connectivity index (χ1n) is 7.45. The highest BCUT2D eigenvalue weighted by Crippen LogP contribution is 2.32. The lowest BCUT2D eigenvalue weighted by Crippen LogP contribution is -2.33. The number of hydrogen-bond donors (Lipinski definition) is 1. The molecular weight excluding hydrogens is 272 g/mol. The Labute approximate surface area is 122 Å². The maximum Gasteiger partial charge on any atom is 0.243 e. The Morgan fingerprint density at radius 2 is 1.80 bits per heavy atom. The highest BCUT2D eigenvalue weighted by atomic mass is 32.2. The third-order valence-corrected chi connectivity index (χ3v) is 5.40. The van der Waals surface area contributed by atoms with Crippen LogP contribution in [0.1, 0.15) is 39.5 Å². The van der Waals surface area contributed by atoms with Gasteiger partial charge in [0.2, 0.25) is 10.0 Å². The van der Waals surface area contributed by atoms with Crippen LogP contribution in [0, 0.1) is 0 Å². The molecule has 1 aliphatic rings. The van der Waals surface area contributed by atoms with E-state index in [1.54, 1.807) is 16.4 Å². The molecule has 0 amide bonds. The van der Waals surface area contributed by atoms with Crippen LogP contribution in [0.5, 0.6) is 0 Å². The van der Waals surface area contributed by atoms with Gasteiger partial charge in [0, 0.05) is 24.8 Å². The minimum absolute atomic E-state index is 0.220. The average Bonchev–Trinajstić information content (AvgIpc) is 3.27. The Hall–Kier alpha value is -1.07. The lowest BCUT2D eigenvalue weighted by molar-refractivity contribution is 0.403. The molecule has 0 bridgehead atoms. The summed E-state index contributed by atoms with van der Waals surface area (Å²) >= 11 is 0. The summed E-state index contributed by atoms with van der Waals surface area (Å²) in [7, 11) is -3.33. The van der Waals surface area contributed by atoms with Crippen molar-refractivity contribution in [1.82, 2.24) is 4.31 Å². The van der Waals surface area contributed by atoms with E-state index in [1.807, 2.05) is 19.1 Å². The van der Waals surface area contributed by atoms with Crippen molar-refractivity contribution in [2.75, 3.05) is 18.4 Å². The average molecular weight is 296 g/mol. The Morgan fingerprint density at radius 1 is 1.15 bits per heavy atom. The smallest absolute Gasteiger partial charge is 0.243 e. The summed E-state index contributed by atoms with van der Waals surface area (Å²) in [4.78, 5) is 0.403. The molecule has 0 unspecified atom stereocenters. The van der Waals surface area contributed by atoms with Crippen LogP contribution in [-0.2, 0) is 10.0 Å². The third kappa shape index (κ3) is 3.52. The molecule has 1 aliphatic carbocycles. The van der Waals surface area contributed by atoms with Crippen molar-refractivity contribution in [2.24, 2.45) is 0 Å². The van der Waals surface area contributed by atoms with Crippen molar-refractivity contribution >= 4 is 15.7 Å². The van der Waals surface area contributed by atoms with Crippen LogP contribution in [0.4, 0.5) is 5.69 Å². The van der Waals surface area contributed by atoms with Crippen LogP contribution in [0.15, 0.2) is 29.2 Å². The second-order valence-corrected chi connectivity index (χ2v) is 7.19. The molecule has 5 heteroatoms. The number of nitrogens with zero attached hydrogens (tertiary/aromatic N) is 1. The van der Waals surface area contributed by atoms with Gasteiger partial charge in [-0.1, -0.05) is 13.8 Å². The summed E-state index contributed by atoms with van der Waals surface area (Å²) in [5, 5.41) is 3.25. The topological polar surface area (TPSA) is 49.4 Å². The van der Waals surface area contributed by atoms with Gasteiger partial charge in [-0.2, -0.15) is 4.31 Å². The van der Waals surface area contributed by atoms with E-state index in [1.165, 1.54) is 0 Å². The van der Waals surface area contributed by atoms with Crippen molar-refractivity contribution in [3.05, 3.63) is 24.3 Å². The number of hydrogen-bond acceptors (Lipinski definition) is 3. The number of anilines is 1. The SMILES string of the molecule is CCCNc1ccc(S(=O)(=O)N(CCC)C2CC2)cc1. The molecule has 0 spiro atoms. The third-order valence-electron chi connectivity index (χ3n) is 3.44. The Kier molecular flexibility index (Phi) is 5.05. The summed E-state index contributed by atoms with van der Waals surface area (Å²) < 4.78 is 26.9. The van der Waals surface area contributed by atoms with Crippen LogP contribution in [0.2, 0.25) is 0 Å². The van der Waals surface area contributed by atoms with Gasteiger partial charge in [0.05, 0.1) is 4.90 Å². The molecule has 1 saturated carbocycles. The minimum atomic E-state index is -3.33. The molecule has 1 N–H and O–H groups in total. The first-order valence-corrected chi connectivity index (χ1v) is 8.89. The molecule has 0 aliphatic heterocycles. The first kappa shape index (κ1) is 15.3. The molecule has 1 aromatic rings. The predicted octanol–water partition coefficient (Wildman–Crippen LogP) is 3.07. The molecular formula is C15H24N2O2S.